The number of hydrogen-bond donors (Lipinski definition) is 4. The van der Waals surface area contributed by atoms with Crippen LogP contribution in [0.3, 0.4) is 0 Å². The van der Waals surface area contributed by atoms with E-state index in [1.807, 2.05) is 0 Å². The number of carbonyl (C=O) groups is 1. The summed E-state index contributed by atoms with van der Waals surface area (Å²) in [5.74, 6) is -1.32. The van der Waals surface area contributed by atoms with Crippen LogP contribution in [0.1, 0.15) is 40.8 Å². The number of aromatic nitrogens is 4. The molecule has 0 aliphatic carbocycles. The van der Waals surface area contributed by atoms with Crippen molar-refractivity contribution < 1.29 is 27.5 Å². The van der Waals surface area contributed by atoms with Gasteiger partial charge in [-0.05, 0) is 42.8 Å². The van der Waals surface area contributed by atoms with Crippen molar-refractivity contribution in [2.75, 3.05) is 0 Å². The second-order valence-corrected chi connectivity index (χ2v) is 6.41. The molecule has 2 atom stereocenters. The lowest BCUT2D eigenvalue weighted by Crippen LogP contribution is -2.28. The van der Waals surface area contributed by atoms with E-state index in [0.717, 1.165) is 24.4 Å². The van der Waals surface area contributed by atoms with E-state index in [4.69, 9.17) is 0 Å². The number of H-pyrrole nitrogens is 2. The third kappa shape index (κ3) is 4.71. The molecule has 0 saturated carbocycles. The summed E-state index contributed by atoms with van der Waals surface area (Å²) in [6, 6.07) is 4.67. The fourth-order valence-corrected chi connectivity index (χ4v) is 2.66. The third-order valence-electron chi connectivity index (χ3n) is 4.14. The van der Waals surface area contributed by atoms with Gasteiger partial charge in [0.05, 0.1) is 17.9 Å². The first-order valence-electron chi connectivity index (χ1n) is 8.51. The van der Waals surface area contributed by atoms with Crippen molar-refractivity contribution in [3.05, 3.63) is 69.8 Å². The number of halogens is 4. The Labute approximate surface area is 166 Å². The van der Waals surface area contributed by atoms with E-state index in [0.29, 0.717) is 0 Å². The van der Waals surface area contributed by atoms with Crippen LogP contribution in [0, 0.1) is 5.82 Å². The standard InChI is InChI=1S/C18H15F4N5O3/c1-8(15-25-17(30)27-26-15)24-16(29)11-5-9(13-3-2-12(19)7-23-13)4-10(6-11)14(28)18(20,21)22/h2-8,14,28H,1H3,(H,24,29)(H2,25,26,27,30). The first-order chi connectivity index (χ1) is 14.0. The van der Waals surface area contributed by atoms with E-state index in [2.05, 4.69) is 25.5 Å². The van der Waals surface area contributed by atoms with Crippen molar-refractivity contribution in [2.45, 2.75) is 25.2 Å². The number of aliphatic hydroxyl groups is 1. The lowest BCUT2D eigenvalue weighted by atomic mass is 9.99. The van der Waals surface area contributed by atoms with Crippen LogP contribution in [0.15, 0.2) is 41.3 Å². The first kappa shape index (κ1) is 21.2. The maximum absolute atomic E-state index is 13.1. The highest BCUT2D eigenvalue weighted by Crippen LogP contribution is 2.34. The number of benzene rings is 1. The Morgan fingerprint density at radius 1 is 1.23 bits per heavy atom. The van der Waals surface area contributed by atoms with Gasteiger partial charge in [-0.2, -0.15) is 18.3 Å². The number of alkyl halides is 3. The summed E-state index contributed by atoms with van der Waals surface area (Å²) in [6.45, 7) is 1.50. The number of hydrogen-bond acceptors (Lipinski definition) is 5. The van der Waals surface area contributed by atoms with Crippen LogP contribution in [0.2, 0.25) is 0 Å². The van der Waals surface area contributed by atoms with Crippen LogP contribution in [0.25, 0.3) is 11.3 Å². The van der Waals surface area contributed by atoms with E-state index >= 15 is 0 Å². The Bertz CT molecular complexity index is 1110. The normalized spacial score (nSPS) is 13.7. The van der Waals surface area contributed by atoms with Crippen LogP contribution in [0.4, 0.5) is 17.6 Å². The molecule has 30 heavy (non-hydrogen) atoms. The highest BCUT2D eigenvalue weighted by molar-refractivity contribution is 5.95. The van der Waals surface area contributed by atoms with Gasteiger partial charge in [-0.25, -0.2) is 14.3 Å². The Morgan fingerprint density at radius 3 is 2.53 bits per heavy atom. The fourth-order valence-electron chi connectivity index (χ4n) is 2.66. The quantitative estimate of drug-likeness (QED) is 0.468. The highest BCUT2D eigenvalue weighted by Gasteiger charge is 2.39. The summed E-state index contributed by atoms with van der Waals surface area (Å²) in [7, 11) is 0. The van der Waals surface area contributed by atoms with E-state index < -0.39 is 41.3 Å². The molecule has 0 aliphatic rings. The molecular formula is C18H15F4N5O3. The molecule has 4 N–H and O–H groups in total. The Morgan fingerprint density at radius 2 is 1.97 bits per heavy atom. The summed E-state index contributed by atoms with van der Waals surface area (Å²) in [6.07, 6.45) is -6.94. The zero-order chi connectivity index (χ0) is 22.1. The molecule has 8 nitrogen and oxygen atoms in total. The number of aromatic amines is 2. The van der Waals surface area contributed by atoms with Gasteiger partial charge < -0.3 is 10.4 Å². The molecule has 0 saturated heterocycles. The van der Waals surface area contributed by atoms with Gasteiger partial charge in [0.1, 0.15) is 5.82 Å². The Hall–Kier alpha value is -3.54. The number of nitrogens with zero attached hydrogens (tertiary/aromatic N) is 2. The van der Waals surface area contributed by atoms with Crippen molar-refractivity contribution in [3.8, 4) is 11.3 Å². The molecule has 2 aromatic heterocycles. The molecule has 0 aliphatic heterocycles. The molecule has 0 radical (unpaired) electrons. The maximum atomic E-state index is 13.1. The monoisotopic (exact) mass is 425 g/mol. The number of carbonyl (C=O) groups excluding carboxylic acids is 1. The molecule has 0 spiro atoms. The number of aliphatic hydroxyl groups excluding tert-OH is 1. The summed E-state index contributed by atoms with van der Waals surface area (Å²) < 4.78 is 52.2. The molecule has 12 heteroatoms. The van der Waals surface area contributed by atoms with Gasteiger partial charge in [-0.15, -0.1) is 0 Å². The SMILES string of the molecule is CC(NC(=O)c1cc(-c2ccc(F)cn2)cc(C(O)C(F)(F)F)c1)c1n[nH]c(=O)[nH]1. The van der Waals surface area contributed by atoms with Crippen LogP contribution < -0.4 is 11.0 Å². The van der Waals surface area contributed by atoms with Crippen LogP contribution in [-0.4, -0.2) is 37.4 Å². The van der Waals surface area contributed by atoms with E-state index in [-0.39, 0.29) is 22.6 Å². The second-order valence-electron chi connectivity index (χ2n) is 6.41. The summed E-state index contributed by atoms with van der Waals surface area (Å²) in [5, 5.41) is 17.9. The lowest BCUT2D eigenvalue weighted by molar-refractivity contribution is -0.206. The molecule has 2 unspecified atom stereocenters. The minimum absolute atomic E-state index is 0.0711. The number of pyridine rings is 1. The molecule has 1 aromatic carbocycles. The van der Waals surface area contributed by atoms with Gasteiger partial charge in [0, 0.05) is 11.1 Å². The zero-order valence-electron chi connectivity index (χ0n) is 15.3. The topological polar surface area (TPSA) is 124 Å². The molecule has 1 amide bonds. The molecule has 0 bridgehead atoms. The lowest BCUT2D eigenvalue weighted by Gasteiger charge is -2.18. The van der Waals surface area contributed by atoms with Crippen LogP contribution in [-0.2, 0) is 0 Å². The number of amides is 1. The van der Waals surface area contributed by atoms with Gasteiger partial charge >= 0.3 is 11.9 Å². The Balaban J connectivity index is 1.99. The smallest absolute Gasteiger partial charge is 0.379 e. The van der Waals surface area contributed by atoms with Crippen molar-refractivity contribution in [1.29, 1.82) is 0 Å². The minimum atomic E-state index is -4.97. The Kier molecular flexibility index (Phi) is 5.69. The average molecular weight is 425 g/mol. The zero-order valence-corrected chi connectivity index (χ0v) is 15.3. The van der Waals surface area contributed by atoms with E-state index in [9.17, 15) is 32.3 Å². The fraction of sp³-hybridized carbons (Fsp3) is 0.222. The predicted octanol–water partition coefficient (Wildman–Crippen LogP) is 2.39. The molecule has 3 rings (SSSR count). The van der Waals surface area contributed by atoms with Gasteiger partial charge in [-0.3, -0.25) is 14.8 Å². The number of rotatable bonds is 5. The largest absolute Gasteiger partial charge is 0.418 e. The molecule has 2 heterocycles. The molecular weight excluding hydrogens is 410 g/mol. The van der Waals surface area contributed by atoms with Gasteiger partial charge in [0.2, 0.25) is 0 Å². The van der Waals surface area contributed by atoms with Crippen molar-refractivity contribution >= 4 is 5.91 Å². The first-order valence-corrected chi connectivity index (χ1v) is 8.51. The summed E-state index contributed by atoms with van der Waals surface area (Å²) >= 11 is 0. The second kappa shape index (κ2) is 8.06. The van der Waals surface area contributed by atoms with E-state index in [1.165, 1.54) is 19.1 Å². The van der Waals surface area contributed by atoms with Crippen LogP contribution in [0.5, 0.6) is 0 Å². The predicted molar refractivity (Wildman–Crippen MR) is 95.7 cm³/mol. The molecule has 158 valence electrons. The molecule has 3 aromatic rings. The third-order valence-corrected chi connectivity index (χ3v) is 4.14. The number of nitrogens with one attached hydrogen (secondary N) is 3. The van der Waals surface area contributed by atoms with Gasteiger partial charge in [0.25, 0.3) is 5.91 Å². The van der Waals surface area contributed by atoms with Gasteiger partial charge in [0.15, 0.2) is 11.9 Å². The summed E-state index contributed by atoms with van der Waals surface area (Å²) in [4.78, 5) is 29.9. The van der Waals surface area contributed by atoms with E-state index in [1.54, 1.807) is 0 Å². The van der Waals surface area contributed by atoms with Crippen molar-refractivity contribution in [3.63, 3.8) is 0 Å². The van der Waals surface area contributed by atoms with Crippen molar-refractivity contribution in [2.24, 2.45) is 0 Å². The highest BCUT2D eigenvalue weighted by atomic mass is 19.4. The minimum Gasteiger partial charge on any atom is -0.379 e. The van der Waals surface area contributed by atoms with Gasteiger partial charge in [-0.1, -0.05) is 0 Å². The molecule has 0 fully saturated rings. The maximum Gasteiger partial charge on any atom is 0.418 e. The van der Waals surface area contributed by atoms with Crippen LogP contribution >= 0.6 is 0 Å². The summed E-state index contributed by atoms with van der Waals surface area (Å²) in [5.41, 5.74) is -1.21. The van der Waals surface area contributed by atoms with Crippen molar-refractivity contribution in [1.82, 2.24) is 25.5 Å². The average Bonchev–Trinajstić information content (AvgIpc) is 3.13.